The molecule has 2 aromatic carbocycles. The first-order valence-corrected chi connectivity index (χ1v) is 16.5. The summed E-state index contributed by atoms with van der Waals surface area (Å²) in [5.74, 6) is 1.07. The molecule has 244 valence electrons. The van der Waals surface area contributed by atoms with Crippen molar-refractivity contribution in [1.29, 1.82) is 0 Å². The first-order valence-electron chi connectivity index (χ1n) is 16.5. The van der Waals surface area contributed by atoms with E-state index in [0.717, 1.165) is 73.9 Å². The number of carbonyl (C=O) groups is 2. The van der Waals surface area contributed by atoms with E-state index in [1.165, 1.54) is 0 Å². The van der Waals surface area contributed by atoms with Gasteiger partial charge in [0.2, 0.25) is 0 Å². The van der Waals surface area contributed by atoms with Crippen LogP contribution in [0.15, 0.2) is 106 Å². The summed E-state index contributed by atoms with van der Waals surface area (Å²) in [4.78, 5) is 40.7. The third-order valence-corrected chi connectivity index (χ3v) is 8.81. The van der Waals surface area contributed by atoms with E-state index < -0.39 is 0 Å². The van der Waals surface area contributed by atoms with Crippen molar-refractivity contribution in [3.8, 4) is 22.9 Å². The summed E-state index contributed by atoms with van der Waals surface area (Å²) >= 11 is 0. The van der Waals surface area contributed by atoms with Crippen LogP contribution >= 0.6 is 0 Å². The summed E-state index contributed by atoms with van der Waals surface area (Å²) in [6, 6.07) is 26.3. The zero-order chi connectivity index (χ0) is 32.7. The molecule has 0 aliphatic carbocycles. The number of nitrogens with one attached hydrogen (secondary N) is 2. The lowest BCUT2D eigenvalue weighted by Gasteiger charge is -2.34. The van der Waals surface area contributed by atoms with E-state index in [0.29, 0.717) is 47.1 Å². The molecule has 0 radical (unpaired) electrons. The van der Waals surface area contributed by atoms with Crippen molar-refractivity contribution in [2.75, 3.05) is 52.4 Å². The summed E-state index contributed by atoms with van der Waals surface area (Å²) in [7, 11) is 0. The molecule has 0 unspecified atom stereocenters. The van der Waals surface area contributed by atoms with Crippen LogP contribution < -0.4 is 10.6 Å². The van der Waals surface area contributed by atoms with Gasteiger partial charge in [-0.15, -0.1) is 0 Å². The summed E-state index contributed by atoms with van der Waals surface area (Å²) < 4.78 is 11.1. The normalized spacial score (nSPS) is 14.0. The van der Waals surface area contributed by atoms with Gasteiger partial charge in [0.1, 0.15) is 11.4 Å². The number of hydrogen-bond donors (Lipinski definition) is 2. The second-order valence-corrected chi connectivity index (χ2v) is 12.0. The van der Waals surface area contributed by atoms with Crippen molar-refractivity contribution in [2.45, 2.75) is 12.8 Å². The minimum atomic E-state index is -0.103. The average molecular weight is 643 g/mol. The predicted molar refractivity (Wildman–Crippen MR) is 186 cm³/mol. The fourth-order valence-corrected chi connectivity index (χ4v) is 6.26. The molecule has 2 amide bonds. The number of nitrogens with zero attached hydrogens (tertiary/aromatic N) is 4. The molecule has 4 aromatic heterocycles. The number of para-hydroxylation sites is 2. The lowest BCUT2D eigenvalue weighted by atomic mass is 10.1. The van der Waals surface area contributed by atoms with E-state index in [9.17, 15) is 9.59 Å². The Hall–Kier alpha value is -5.32. The third-order valence-electron chi connectivity index (χ3n) is 8.81. The second-order valence-electron chi connectivity index (χ2n) is 12.0. The Balaban J connectivity index is 0.835. The van der Waals surface area contributed by atoms with Gasteiger partial charge in [0.05, 0.1) is 34.7 Å². The van der Waals surface area contributed by atoms with Crippen molar-refractivity contribution < 1.29 is 18.4 Å². The first-order chi connectivity index (χ1) is 23.6. The number of furan rings is 2. The first kappa shape index (κ1) is 31.3. The molecule has 7 rings (SSSR count). The standard InChI is InChI=1S/C38H38N6O4/c45-37(29-25-33(35-13-5-23-47-35)41-31-11-3-1-9-27(29)31)39-15-7-17-43-19-21-44(22-20-43)18-8-16-40-38(46)30-26-34(36-14-6-24-48-36)42-32-12-4-2-10-28(30)32/h1-6,9-14,23-26H,7-8,15-22H2,(H,39,45)(H,40,46). The van der Waals surface area contributed by atoms with Crippen LogP contribution in [0.4, 0.5) is 0 Å². The van der Waals surface area contributed by atoms with E-state index in [1.807, 2.05) is 72.8 Å². The van der Waals surface area contributed by atoms with Crippen molar-refractivity contribution in [1.82, 2.24) is 30.4 Å². The molecule has 1 saturated heterocycles. The SMILES string of the molecule is O=C(NCCCN1CCN(CCCNC(=O)c2cc(-c3ccco3)nc3ccccc23)CC1)c1cc(-c2ccco2)nc2ccccc12. The molecule has 5 heterocycles. The van der Waals surface area contributed by atoms with Crippen LogP contribution in [0, 0.1) is 0 Å². The van der Waals surface area contributed by atoms with E-state index in [1.54, 1.807) is 24.7 Å². The third kappa shape index (κ3) is 7.15. The van der Waals surface area contributed by atoms with E-state index in [4.69, 9.17) is 8.83 Å². The Bertz CT molecular complexity index is 1850. The highest BCUT2D eigenvalue weighted by atomic mass is 16.3. The lowest BCUT2D eigenvalue weighted by molar-refractivity contribution is 0.0936. The van der Waals surface area contributed by atoms with Gasteiger partial charge in [-0.2, -0.15) is 0 Å². The molecule has 6 aromatic rings. The van der Waals surface area contributed by atoms with Gasteiger partial charge in [-0.3, -0.25) is 9.59 Å². The molecule has 48 heavy (non-hydrogen) atoms. The average Bonchev–Trinajstić information content (AvgIpc) is 3.87. The Morgan fingerprint density at radius 1 is 0.604 bits per heavy atom. The topological polar surface area (TPSA) is 117 Å². The number of carbonyl (C=O) groups excluding carboxylic acids is 2. The summed E-state index contributed by atoms with van der Waals surface area (Å²) in [5.41, 5.74) is 4.02. The van der Waals surface area contributed by atoms with Gasteiger partial charge >= 0.3 is 0 Å². The summed E-state index contributed by atoms with van der Waals surface area (Å²) in [5, 5.41) is 7.87. The molecule has 0 atom stereocenters. The zero-order valence-electron chi connectivity index (χ0n) is 26.7. The number of fused-ring (bicyclic) bond motifs is 2. The van der Waals surface area contributed by atoms with E-state index in [2.05, 4.69) is 30.4 Å². The minimum Gasteiger partial charge on any atom is -0.463 e. The van der Waals surface area contributed by atoms with Gasteiger partial charge < -0.3 is 29.3 Å². The fourth-order valence-electron chi connectivity index (χ4n) is 6.26. The maximum atomic E-state index is 13.2. The van der Waals surface area contributed by atoms with Crippen LogP contribution in [0.25, 0.3) is 44.7 Å². The highest BCUT2D eigenvalue weighted by Crippen LogP contribution is 2.26. The lowest BCUT2D eigenvalue weighted by Crippen LogP contribution is -2.47. The van der Waals surface area contributed by atoms with Crippen LogP contribution in [-0.4, -0.2) is 83.9 Å². The van der Waals surface area contributed by atoms with Crippen molar-refractivity contribution in [3.63, 3.8) is 0 Å². The number of pyridine rings is 2. The number of rotatable bonds is 12. The van der Waals surface area contributed by atoms with Gasteiger partial charge in [-0.05, 0) is 74.5 Å². The van der Waals surface area contributed by atoms with Crippen LogP contribution in [-0.2, 0) is 0 Å². The second kappa shape index (κ2) is 14.6. The molecular weight excluding hydrogens is 604 g/mol. The Labute approximate surface area is 278 Å². The summed E-state index contributed by atoms with van der Waals surface area (Å²) in [6.07, 6.45) is 4.96. The van der Waals surface area contributed by atoms with Gasteiger partial charge in [0, 0.05) is 50.0 Å². The predicted octanol–water partition coefficient (Wildman–Crippen LogP) is 5.86. The molecule has 10 heteroatoms. The van der Waals surface area contributed by atoms with Gasteiger partial charge in [0.25, 0.3) is 11.8 Å². The highest BCUT2D eigenvalue weighted by molar-refractivity contribution is 6.08. The smallest absolute Gasteiger partial charge is 0.252 e. The minimum absolute atomic E-state index is 0.103. The number of amides is 2. The highest BCUT2D eigenvalue weighted by Gasteiger charge is 2.19. The largest absolute Gasteiger partial charge is 0.463 e. The molecule has 0 saturated carbocycles. The monoisotopic (exact) mass is 642 g/mol. The van der Waals surface area contributed by atoms with Crippen LogP contribution in [0.5, 0.6) is 0 Å². The zero-order valence-corrected chi connectivity index (χ0v) is 26.7. The van der Waals surface area contributed by atoms with Gasteiger partial charge in [-0.1, -0.05) is 36.4 Å². The van der Waals surface area contributed by atoms with Crippen molar-refractivity contribution in [2.24, 2.45) is 0 Å². The Morgan fingerprint density at radius 3 is 1.46 bits per heavy atom. The van der Waals surface area contributed by atoms with E-state index >= 15 is 0 Å². The summed E-state index contributed by atoms with van der Waals surface area (Å²) in [6.45, 7) is 7.00. The molecule has 0 spiro atoms. The number of benzene rings is 2. The van der Waals surface area contributed by atoms with Gasteiger partial charge in [0.15, 0.2) is 11.5 Å². The number of hydrogen-bond acceptors (Lipinski definition) is 8. The Kier molecular flexibility index (Phi) is 9.53. The molecule has 0 bridgehead atoms. The maximum Gasteiger partial charge on any atom is 0.252 e. The van der Waals surface area contributed by atoms with E-state index in [-0.39, 0.29) is 11.8 Å². The molecule has 1 fully saturated rings. The molecular formula is C38H38N6O4. The maximum absolute atomic E-state index is 13.2. The molecule has 1 aliphatic rings. The fraction of sp³-hybridized carbons (Fsp3) is 0.263. The van der Waals surface area contributed by atoms with Crippen molar-refractivity contribution in [3.05, 3.63) is 109 Å². The molecule has 1 aliphatic heterocycles. The van der Waals surface area contributed by atoms with Gasteiger partial charge in [-0.25, -0.2) is 9.97 Å². The molecule has 10 nitrogen and oxygen atoms in total. The van der Waals surface area contributed by atoms with Crippen molar-refractivity contribution >= 4 is 33.6 Å². The molecule has 2 N–H and O–H groups in total. The number of piperazine rings is 1. The number of aromatic nitrogens is 2. The quantitative estimate of drug-likeness (QED) is 0.160. The van der Waals surface area contributed by atoms with Crippen LogP contribution in [0.3, 0.4) is 0 Å². The van der Waals surface area contributed by atoms with Crippen LogP contribution in [0.2, 0.25) is 0 Å². The van der Waals surface area contributed by atoms with Crippen LogP contribution in [0.1, 0.15) is 33.6 Å². The Morgan fingerprint density at radius 2 is 1.04 bits per heavy atom.